The lowest BCUT2D eigenvalue weighted by molar-refractivity contribution is -0.140. The highest BCUT2D eigenvalue weighted by molar-refractivity contribution is 5.83. The number of ether oxygens (including phenoxy) is 4. The summed E-state index contributed by atoms with van der Waals surface area (Å²) in [4.78, 5) is 12.0. The van der Waals surface area contributed by atoms with Crippen molar-refractivity contribution < 1.29 is 23.7 Å². The number of anilines is 1. The van der Waals surface area contributed by atoms with E-state index in [1.807, 2.05) is 6.07 Å². The first-order valence-electron chi connectivity index (χ1n) is 7.59. The van der Waals surface area contributed by atoms with Crippen LogP contribution in [0.1, 0.15) is 5.56 Å². The third kappa shape index (κ3) is 3.96. The molecule has 2 aromatic rings. The molecule has 2 aromatic carbocycles. The Labute approximate surface area is 145 Å². The number of carbonyl (C=O) groups excluding carboxylic acids is 1. The molecule has 0 amide bonds. The quantitative estimate of drug-likeness (QED) is 0.682. The van der Waals surface area contributed by atoms with Crippen molar-refractivity contribution in [1.82, 2.24) is 0 Å². The van der Waals surface area contributed by atoms with Crippen molar-refractivity contribution in [1.29, 1.82) is 0 Å². The van der Waals surface area contributed by atoms with E-state index in [0.717, 1.165) is 17.0 Å². The smallest absolute Gasteiger partial charge is 0.341 e. The largest absolute Gasteiger partial charge is 0.497 e. The van der Waals surface area contributed by atoms with E-state index >= 15 is 0 Å². The third-order valence-corrected chi connectivity index (χ3v) is 3.57. The van der Waals surface area contributed by atoms with Gasteiger partial charge in [0.15, 0.2) is 17.5 Å². The maximum Gasteiger partial charge on any atom is 0.341 e. The van der Waals surface area contributed by atoms with Gasteiger partial charge in [-0.25, -0.2) is 4.79 Å². The van der Waals surface area contributed by atoms with Gasteiger partial charge in [-0.15, -0.1) is 0 Å². The first-order valence-corrected chi connectivity index (χ1v) is 7.59. The Morgan fingerprint density at radius 1 is 1.12 bits per heavy atom. The predicted molar refractivity (Wildman–Crippen MR) is 91.9 cm³/mol. The first-order chi connectivity index (χ1) is 12.2. The molecule has 0 saturated heterocycles. The first kappa shape index (κ1) is 16.5. The number of benzene rings is 2. The molecule has 25 heavy (non-hydrogen) atoms. The van der Waals surface area contributed by atoms with Gasteiger partial charge in [-0.1, -0.05) is 11.8 Å². The molecule has 1 aliphatic rings. The number of hydrogen-bond donors (Lipinski definition) is 1. The van der Waals surface area contributed by atoms with Crippen LogP contribution in [0.2, 0.25) is 0 Å². The second-order valence-corrected chi connectivity index (χ2v) is 5.17. The molecule has 0 spiro atoms. The van der Waals surface area contributed by atoms with E-state index in [1.54, 1.807) is 43.5 Å². The monoisotopic (exact) mass is 339 g/mol. The topological polar surface area (TPSA) is 66.0 Å². The van der Waals surface area contributed by atoms with Crippen LogP contribution in [0.25, 0.3) is 0 Å². The Bertz CT molecular complexity index is 820. The van der Waals surface area contributed by atoms with Gasteiger partial charge in [-0.2, -0.15) is 0 Å². The molecule has 1 heterocycles. The summed E-state index contributed by atoms with van der Waals surface area (Å²) in [6.07, 6.45) is 0. The number of fused-ring (bicyclic) bond motifs is 1. The molecule has 1 N–H and O–H groups in total. The van der Waals surface area contributed by atoms with Gasteiger partial charge in [0.1, 0.15) is 5.75 Å². The van der Waals surface area contributed by atoms with Gasteiger partial charge in [-0.3, -0.25) is 0 Å². The van der Waals surface area contributed by atoms with E-state index in [-0.39, 0.29) is 6.79 Å². The Morgan fingerprint density at radius 3 is 2.60 bits per heavy atom. The van der Waals surface area contributed by atoms with Gasteiger partial charge >= 0.3 is 5.97 Å². The van der Waals surface area contributed by atoms with Crippen molar-refractivity contribution in [3.05, 3.63) is 48.0 Å². The van der Waals surface area contributed by atoms with Crippen molar-refractivity contribution in [3.63, 3.8) is 0 Å². The number of carbonyl (C=O) groups is 1. The van der Waals surface area contributed by atoms with E-state index < -0.39 is 12.0 Å². The van der Waals surface area contributed by atoms with Crippen LogP contribution in [0.5, 0.6) is 17.2 Å². The van der Waals surface area contributed by atoms with Gasteiger partial charge < -0.3 is 24.3 Å². The zero-order valence-corrected chi connectivity index (χ0v) is 13.9. The van der Waals surface area contributed by atoms with Crippen molar-refractivity contribution in [2.24, 2.45) is 0 Å². The molecule has 0 aliphatic carbocycles. The van der Waals surface area contributed by atoms with Crippen LogP contribution >= 0.6 is 0 Å². The highest BCUT2D eigenvalue weighted by atomic mass is 16.7. The van der Waals surface area contributed by atoms with Gasteiger partial charge in [0.25, 0.3) is 0 Å². The molecule has 0 fully saturated rings. The number of rotatable bonds is 4. The van der Waals surface area contributed by atoms with Crippen molar-refractivity contribution in [2.75, 3.05) is 26.3 Å². The maximum absolute atomic E-state index is 12.0. The van der Waals surface area contributed by atoms with Crippen LogP contribution < -0.4 is 19.5 Å². The van der Waals surface area contributed by atoms with Crippen LogP contribution in [-0.4, -0.2) is 33.0 Å². The summed E-state index contributed by atoms with van der Waals surface area (Å²) in [5.74, 6) is 7.44. The summed E-state index contributed by atoms with van der Waals surface area (Å²) >= 11 is 0. The molecular weight excluding hydrogens is 322 g/mol. The maximum atomic E-state index is 12.0. The fourth-order valence-electron chi connectivity index (χ4n) is 2.26. The molecule has 1 atom stereocenters. The molecule has 0 saturated carbocycles. The normalized spacial score (nSPS) is 12.6. The molecule has 0 bridgehead atoms. The molecule has 128 valence electrons. The van der Waals surface area contributed by atoms with Crippen molar-refractivity contribution >= 4 is 11.7 Å². The number of esters is 1. The molecule has 0 unspecified atom stereocenters. The molecule has 0 radical (unpaired) electrons. The summed E-state index contributed by atoms with van der Waals surface area (Å²) in [6.45, 7) is 0.204. The summed E-state index contributed by atoms with van der Waals surface area (Å²) < 4.78 is 20.5. The van der Waals surface area contributed by atoms with Gasteiger partial charge in [0.2, 0.25) is 6.79 Å². The van der Waals surface area contributed by atoms with Crippen LogP contribution in [0.3, 0.4) is 0 Å². The molecule has 3 rings (SSSR count). The van der Waals surface area contributed by atoms with Crippen molar-refractivity contribution in [2.45, 2.75) is 6.04 Å². The highest BCUT2D eigenvalue weighted by Gasteiger charge is 2.17. The van der Waals surface area contributed by atoms with Crippen LogP contribution in [-0.2, 0) is 9.53 Å². The average molecular weight is 339 g/mol. The molecule has 6 nitrogen and oxygen atoms in total. The zero-order chi connectivity index (χ0) is 17.6. The lowest BCUT2D eigenvalue weighted by Crippen LogP contribution is -2.29. The summed E-state index contributed by atoms with van der Waals surface area (Å²) in [5, 5.41) is 3.04. The van der Waals surface area contributed by atoms with Gasteiger partial charge in [0.05, 0.1) is 14.2 Å². The molecule has 6 heteroatoms. The average Bonchev–Trinajstić information content (AvgIpc) is 3.12. The highest BCUT2D eigenvalue weighted by Crippen LogP contribution is 2.32. The van der Waals surface area contributed by atoms with Gasteiger partial charge in [-0.05, 0) is 42.5 Å². The summed E-state index contributed by atoms with van der Waals surface area (Å²) in [5.41, 5.74) is 1.45. The fourth-order valence-corrected chi connectivity index (χ4v) is 2.26. The summed E-state index contributed by atoms with van der Waals surface area (Å²) in [7, 11) is 2.92. The van der Waals surface area contributed by atoms with E-state index in [9.17, 15) is 4.79 Å². The Morgan fingerprint density at radius 2 is 1.88 bits per heavy atom. The van der Waals surface area contributed by atoms with E-state index in [2.05, 4.69) is 17.2 Å². The fraction of sp³-hybridized carbons (Fsp3) is 0.211. The second-order valence-electron chi connectivity index (χ2n) is 5.17. The standard InChI is InChI=1S/C19H17NO5/c1-22-15-7-5-14(6-8-15)20-16(19(21)23-2)9-3-13-4-10-17-18(11-13)25-12-24-17/h4-8,10-11,16,20H,12H2,1-2H3/t16-/m1/s1. The minimum Gasteiger partial charge on any atom is -0.497 e. The van der Waals surface area contributed by atoms with E-state index in [4.69, 9.17) is 18.9 Å². The lowest BCUT2D eigenvalue weighted by Gasteiger charge is -2.12. The summed E-state index contributed by atoms with van der Waals surface area (Å²) in [6, 6.07) is 11.8. The Kier molecular flexibility index (Phi) is 4.95. The van der Waals surface area contributed by atoms with Crippen LogP contribution in [0, 0.1) is 11.8 Å². The number of nitrogens with one attached hydrogen (secondary N) is 1. The number of methoxy groups -OCH3 is 2. The van der Waals surface area contributed by atoms with E-state index in [1.165, 1.54) is 7.11 Å². The molecule has 0 aromatic heterocycles. The van der Waals surface area contributed by atoms with Crippen molar-refractivity contribution in [3.8, 4) is 29.1 Å². The number of hydrogen-bond acceptors (Lipinski definition) is 6. The minimum atomic E-state index is -0.802. The van der Waals surface area contributed by atoms with E-state index in [0.29, 0.717) is 11.5 Å². The zero-order valence-electron chi connectivity index (χ0n) is 13.9. The van der Waals surface area contributed by atoms with Crippen LogP contribution in [0.4, 0.5) is 5.69 Å². The third-order valence-electron chi connectivity index (χ3n) is 3.57. The lowest BCUT2D eigenvalue weighted by atomic mass is 10.2. The second kappa shape index (κ2) is 7.49. The molecule has 1 aliphatic heterocycles. The molecular formula is C19H17NO5. The Balaban J connectivity index is 1.78. The Hall–Kier alpha value is -3.33. The van der Waals surface area contributed by atoms with Gasteiger partial charge in [0, 0.05) is 11.3 Å². The SMILES string of the molecule is COC(=O)[C@@H](C#Cc1ccc2c(c1)OCO2)Nc1ccc(OC)cc1. The van der Waals surface area contributed by atoms with Crippen LogP contribution in [0.15, 0.2) is 42.5 Å². The predicted octanol–water partition coefficient (Wildman–Crippen LogP) is 2.43. The minimum absolute atomic E-state index is 0.204.